The molecule has 15 heavy (non-hydrogen) atoms. The van der Waals surface area contributed by atoms with Gasteiger partial charge < -0.3 is 10.6 Å². The monoisotopic (exact) mass is 204 g/mol. The summed E-state index contributed by atoms with van der Waals surface area (Å²) in [6.45, 7) is 4.08. The van der Waals surface area contributed by atoms with Crippen molar-refractivity contribution in [3.63, 3.8) is 0 Å². The highest BCUT2D eigenvalue weighted by Gasteiger charge is 2.31. The van der Waals surface area contributed by atoms with Crippen molar-refractivity contribution < 1.29 is 0 Å². The lowest BCUT2D eigenvalue weighted by atomic mass is 9.91. The number of hydrogen-bond acceptors (Lipinski definition) is 2. The van der Waals surface area contributed by atoms with Crippen LogP contribution in [0.4, 0.5) is 0 Å². The second-order valence-corrected chi connectivity index (χ2v) is 4.59. The van der Waals surface area contributed by atoms with Gasteiger partial charge in [0, 0.05) is 18.5 Å². The zero-order valence-corrected chi connectivity index (χ0v) is 9.61. The Labute approximate surface area is 92.1 Å². The van der Waals surface area contributed by atoms with Gasteiger partial charge in [-0.25, -0.2) is 0 Å². The average Bonchev–Trinajstić information content (AvgIpc) is 2.59. The van der Waals surface area contributed by atoms with E-state index in [1.807, 2.05) is 0 Å². The van der Waals surface area contributed by atoms with Gasteiger partial charge in [-0.1, -0.05) is 29.8 Å². The maximum Gasteiger partial charge on any atom is 0.0284 e. The predicted molar refractivity (Wildman–Crippen MR) is 64.0 cm³/mol. The summed E-state index contributed by atoms with van der Waals surface area (Å²) in [6.07, 6.45) is 1.24. The molecule has 1 saturated heterocycles. The summed E-state index contributed by atoms with van der Waals surface area (Å²) in [5.41, 5.74) is 8.65. The molecule has 82 valence electrons. The van der Waals surface area contributed by atoms with Crippen LogP contribution in [0.15, 0.2) is 24.3 Å². The molecule has 1 aromatic carbocycles. The first-order valence-corrected chi connectivity index (χ1v) is 5.69. The Morgan fingerprint density at radius 1 is 1.47 bits per heavy atom. The van der Waals surface area contributed by atoms with E-state index < -0.39 is 0 Å². The quantitative estimate of drug-likeness (QED) is 0.795. The Hall–Kier alpha value is -0.860. The minimum Gasteiger partial charge on any atom is -0.329 e. The lowest BCUT2D eigenvalue weighted by molar-refractivity contribution is 0.304. The largest absolute Gasteiger partial charge is 0.329 e. The summed E-state index contributed by atoms with van der Waals surface area (Å²) in [5, 5.41) is 0. The van der Waals surface area contributed by atoms with Crippen LogP contribution in [0.2, 0.25) is 0 Å². The van der Waals surface area contributed by atoms with Crippen LogP contribution in [0.5, 0.6) is 0 Å². The normalized spacial score (nSPS) is 27.1. The van der Waals surface area contributed by atoms with E-state index >= 15 is 0 Å². The Morgan fingerprint density at radius 3 is 2.93 bits per heavy atom. The third-order valence-corrected chi connectivity index (χ3v) is 3.54. The summed E-state index contributed by atoms with van der Waals surface area (Å²) in [7, 11) is 2.17. The second-order valence-electron chi connectivity index (χ2n) is 4.59. The number of likely N-dealkylation sites (N-methyl/N-ethyl adjacent to an activating group) is 1. The number of rotatable bonds is 2. The molecular formula is C13H20N2. The van der Waals surface area contributed by atoms with Crippen molar-refractivity contribution in [1.82, 2.24) is 4.90 Å². The summed E-state index contributed by atoms with van der Waals surface area (Å²) < 4.78 is 0. The summed E-state index contributed by atoms with van der Waals surface area (Å²) in [4.78, 5) is 2.38. The SMILES string of the molecule is Cc1cccc(C2CCN(C)C2CN)c1. The topological polar surface area (TPSA) is 29.3 Å². The molecule has 0 amide bonds. The van der Waals surface area contributed by atoms with Crippen molar-refractivity contribution in [3.8, 4) is 0 Å². The fourth-order valence-corrected chi connectivity index (χ4v) is 2.64. The van der Waals surface area contributed by atoms with Crippen LogP contribution >= 0.6 is 0 Å². The van der Waals surface area contributed by atoms with Gasteiger partial charge in [0.2, 0.25) is 0 Å². The molecule has 0 aromatic heterocycles. The van der Waals surface area contributed by atoms with Gasteiger partial charge in [-0.15, -0.1) is 0 Å². The number of likely N-dealkylation sites (tertiary alicyclic amines) is 1. The average molecular weight is 204 g/mol. The third-order valence-electron chi connectivity index (χ3n) is 3.54. The highest BCUT2D eigenvalue weighted by atomic mass is 15.2. The standard InChI is InChI=1S/C13H20N2/c1-10-4-3-5-11(8-10)12-6-7-15(2)13(12)9-14/h3-5,8,12-13H,6-7,9,14H2,1-2H3. The van der Waals surface area contributed by atoms with Crippen molar-refractivity contribution in [3.05, 3.63) is 35.4 Å². The zero-order chi connectivity index (χ0) is 10.8. The molecule has 1 fully saturated rings. The number of benzene rings is 1. The van der Waals surface area contributed by atoms with E-state index in [1.165, 1.54) is 24.1 Å². The maximum absolute atomic E-state index is 5.85. The first-order chi connectivity index (χ1) is 7.22. The molecule has 2 unspecified atom stereocenters. The molecule has 1 aliphatic rings. The van der Waals surface area contributed by atoms with Gasteiger partial charge in [-0.2, -0.15) is 0 Å². The maximum atomic E-state index is 5.85. The van der Waals surface area contributed by atoms with E-state index in [4.69, 9.17) is 5.73 Å². The van der Waals surface area contributed by atoms with Crippen LogP contribution in [-0.2, 0) is 0 Å². The second kappa shape index (κ2) is 4.33. The molecular weight excluding hydrogens is 184 g/mol. The molecule has 2 N–H and O–H groups in total. The van der Waals surface area contributed by atoms with Gasteiger partial charge >= 0.3 is 0 Å². The zero-order valence-electron chi connectivity index (χ0n) is 9.61. The van der Waals surface area contributed by atoms with Gasteiger partial charge in [0.05, 0.1) is 0 Å². The van der Waals surface area contributed by atoms with Crippen LogP contribution in [-0.4, -0.2) is 31.1 Å². The Kier molecular flexibility index (Phi) is 3.08. The lowest BCUT2D eigenvalue weighted by Crippen LogP contribution is -2.35. The minimum absolute atomic E-state index is 0.520. The number of nitrogens with two attached hydrogens (primary N) is 1. The van der Waals surface area contributed by atoms with E-state index in [-0.39, 0.29) is 0 Å². The van der Waals surface area contributed by atoms with Crippen molar-refractivity contribution in [2.75, 3.05) is 20.1 Å². The summed E-state index contributed by atoms with van der Waals surface area (Å²) in [6, 6.07) is 9.36. The molecule has 2 nitrogen and oxygen atoms in total. The van der Waals surface area contributed by atoms with Gasteiger partial charge in [0.15, 0.2) is 0 Å². The molecule has 1 heterocycles. The fraction of sp³-hybridized carbons (Fsp3) is 0.538. The lowest BCUT2D eigenvalue weighted by Gasteiger charge is -2.23. The first kappa shape index (κ1) is 10.7. The van der Waals surface area contributed by atoms with Crippen LogP contribution < -0.4 is 5.73 Å². The Balaban J connectivity index is 2.23. The van der Waals surface area contributed by atoms with E-state index in [1.54, 1.807) is 0 Å². The van der Waals surface area contributed by atoms with Gasteiger partial charge in [-0.3, -0.25) is 0 Å². The first-order valence-electron chi connectivity index (χ1n) is 5.69. The Morgan fingerprint density at radius 2 is 2.27 bits per heavy atom. The number of hydrogen-bond donors (Lipinski definition) is 1. The summed E-state index contributed by atoms with van der Waals surface area (Å²) >= 11 is 0. The molecule has 0 bridgehead atoms. The molecule has 2 heteroatoms. The Bertz CT molecular complexity index is 335. The smallest absolute Gasteiger partial charge is 0.0284 e. The van der Waals surface area contributed by atoms with Crippen molar-refractivity contribution >= 4 is 0 Å². The van der Waals surface area contributed by atoms with Crippen LogP contribution in [0.3, 0.4) is 0 Å². The van der Waals surface area contributed by atoms with Crippen LogP contribution in [0.1, 0.15) is 23.5 Å². The van der Waals surface area contributed by atoms with E-state index in [0.717, 1.165) is 6.54 Å². The van der Waals surface area contributed by atoms with Crippen LogP contribution in [0.25, 0.3) is 0 Å². The summed E-state index contributed by atoms with van der Waals surface area (Å²) in [5.74, 6) is 0.625. The van der Waals surface area contributed by atoms with Gasteiger partial charge in [0.1, 0.15) is 0 Å². The highest BCUT2D eigenvalue weighted by molar-refractivity contribution is 5.27. The molecule has 0 radical (unpaired) electrons. The molecule has 1 aliphatic heterocycles. The minimum atomic E-state index is 0.520. The fourth-order valence-electron chi connectivity index (χ4n) is 2.64. The van der Waals surface area contributed by atoms with Crippen molar-refractivity contribution in [1.29, 1.82) is 0 Å². The molecule has 2 rings (SSSR count). The third kappa shape index (κ3) is 2.06. The van der Waals surface area contributed by atoms with Crippen molar-refractivity contribution in [2.45, 2.75) is 25.3 Å². The van der Waals surface area contributed by atoms with Gasteiger partial charge in [-0.05, 0) is 32.5 Å². The highest BCUT2D eigenvalue weighted by Crippen LogP contribution is 2.32. The molecule has 2 atom stereocenters. The molecule has 0 saturated carbocycles. The molecule has 1 aromatic rings. The van der Waals surface area contributed by atoms with E-state index in [0.29, 0.717) is 12.0 Å². The van der Waals surface area contributed by atoms with E-state index in [9.17, 15) is 0 Å². The van der Waals surface area contributed by atoms with E-state index in [2.05, 4.69) is 43.1 Å². The number of aryl methyl sites for hydroxylation is 1. The van der Waals surface area contributed by atoms with Gasteiger partial charge in [0.25, 0.3) is 0 Å². The van der Waals surface area contributed by atoms with Crippen molar-refractivity contribution in [2.24, 2.45) is 5.73 Å². The number of nitrogens with zero attached hydrogens (tertiary/aromatic N) is 1. The molecule has 0 spiro atoms. The molecule has 0 aliphatic carbocycles. The van der Waals surface area contributed by atoms with Crippen LogP contribution in [0, 0.1) is 6.92 Å². The predicted octanol–water partition coefficient (Wildman–Crippen LogP) is 1.74.